The number of aromatic nitrogens is 1. The third kappa shape index (κ3) is 7.69. The van der Waals surface area contributed by atoms with Crippen molar-refractivity contribution in [3.05, 3.63) is 57.8 Å². The average Bonchev–Trinajstić information content (AvgIpc) is 3.74. The normalized spacial score (nSPS) is 19.6. The lowest BCUT2D eigenvalue weighted by Crippen LogP contribution is -2.54. The fraction of sp³-hybridized carbons (Fsp3) is 0.594. The summed E-state index contributed by atoms with van der Waals surface area (Å²) in [7, 11) is 0. The number of carbonyl (C=O) groups is 2. The summed E-state index contributed by atoms with van der Waals surface area (Å²) in [5.74, 6) is 0.981. The van der Waals surface area contributed by atoms with Crippen LogP contribution in [0.5, 0.6) is 5.75 Å². The highest BCUT2D eigenvalue weighted by atomic mass is 35.5. The van der Waals surface area contributed by atoms with Gasteiger partial charge in [-0.1, -0.05) is 36.2 Å². The second kappa shape index (κ2) is 14.8. The molecule has 3 fully saturated rings. The van der Waals surface area contributed by atoms with Gasteiger partial charge >= 0.3 is 6.03 Å². The Kier molecular flexibility index (Phi) is 10.9. The Balaban J connectivity index is 1.23. The zero-order chi connectivity index (χ0) is 29.5. The molecular formula is C32H43Cl2N5O3. The lowest BCUT2D eigenvalue weighted by atomic mass is 9.91. The van der Waals surface area contributed by atoms with Crippen LogP contribution in [0.4, 0.5) is 4.79 Å². The first-order valence-electron chi connectivity index (χ1n) is 15.5. The van der Waals surface area contributed by atoms with E-state index in [2.05, 4.69) is 17.1 Å². The van der Waals surface area contributed by atoms with Gasteiger partial charge in [-0.3, -0.25) is 14.7 Å². The van der Waals surface area contributed by atoms with Crippen molar-refractivity contribution in [2.24, 2.45) is 0 Å². The van der Waals surface area contributed by atoms with E-state index in [-0.39, 0.29) is 17.9 Å². The minimum Gasteiger partial charge on any atom is -0.490 e. The highest BCUT2D eigenvalue weighted by Gasteiger charge is 2.33. The van der Waals surface area contributed by atoms with Gasteiger partial charge in [-0.2, -0.15) is 0 Å². The topological polar surface area (TPSA) is 78.0 Å². The average molecular weight is 617 g/mol. The number of pyridine rings is 1. The number of nitrogens with one attached hydrogen (secondary N) is 1. The van der Waals surface area contributed by atoms with E-state index in [9.17, 15) is 9.59 Å². The molecule has 0 aliphatic carbocycles. The van der Waals surface area contributed by atoms with E-state index in [0.717, 1.165) is 62.2 Å². The Hall–Kier alpha value is -2.55. The molecule has 0 spiro atoms. The summed E-state index contributed by atoms with van der Waals surface area (Å²) in [6.07, 6.45) is 9.28. The van der Waals surface area contributed by atoms with E-state index >= 15 is 0 Å². The van der Waals surface area contributed by atoms with Crippen LogP contribution in [0.1, 0.15) is 69.0 Å². The molecule has 4 heterocycles. The number of ether oxygens (including phenoxy) is 1. The Morgan fingerprint density at radius 2 is 1.71 bits per heavy atom. The quantitative estimate of drug-likeness (QED) is 0.367. The van der Waals surface area contributed by atoms with Crippen molar-refractivity contribution in [1.29, 1.82) is 0 Å². The molecule has 0 bridgehead atoms. The highest BCUT2D eigenvalue weighted by Crippen LogP contribution is 2.33. The van der Waals surface area contributed by atoms with Gasteiger partial charge in [0.2, 0.25) is 5.91 Å². The van der Waals surface area contributed by atoms with Gasteiger partial charge in [-0.05, 0) is 87.9 Å². The van der Waals surface area contributed by atoms with Crippen molar-refractivity contribution < 1.29 is 14.3 Å². The van der Waals surface area contributed by atoms with Crippen LogP contribution in [0.15, 0.2) is 36.5 Å². The SMILES string of the molecule is CCC(COc1cccnc1C1CCN(C(=O)[C@@H](Cc2ccc(Cl)cc2Cl)NC(=O)N2CCCC2)CC1)N1CCCC1. The molecule has 42 heavy (non-hydrogen) atoms. The van der Waals surface area contributed by atoms with Gasteiger partial charge in [0.25, 0.3) is 0 Å². The number of hydrogen-bond donors (Lipinski definition) is 1. The number of likely N-dealkylation sites (tertiary alicyclic amines) is 3. The van der Waals surface area contributed by atoms with Crippen molar-refractivity contribution in [3.63, 3.8) is 0 Å². The van der Waals surface area contributed by atoms with Crippen LogP contribution < -0.4 is 10.1 Å². The number of carbonyl (C=O) groups excluding carboxylic acids is 2. The van der Waals surface area contributed by atoms with Crippen LogP contribution in [0, 0.1) is 0 Å². The van der Waals surface area contributed by atoms with Crippen LogP contribution in [0.2, 0.25) is 10.0 Å². The largest absolute Gasteiger partial charge is 0.490 e. The second-order valence-corrected chi connectivity index (χ2v) is 12.6. The first-order chi connectivity index (χ1) is 20.4. The molecule has 2 atom stereocenters. The van der Waals surface area contributed by atoms with Crippen molar-refractivity contribution in [2.75, 3.05) is 45.9 Å². The Bertz CT molecular complexity index is 1210. The molecule has 5 rings (SSSR count). The molecule has 3 saturated heterocycles. The van der Waals surface area contributed by atoms with Gasteiger partial charge in [0.15, 0.2) is 0 Å². The number of benzene rings is 1. The van der Waals surface area contributed by atoms with Gasteiger partial charge in [0.1, 0.15) is 18.4 Å². The molecule has 3 aliphatic heterocycles. The van der Waals surface area contributed by atoms with Crippen LogP contribution in [0.25, 0.3) is 0 Å². The summed E-state index contributed by atoms with van der Waals surface area (Å²) in [5, 5.41) is 4.05. The maximum Gasteiger partial charge on any atom is 0.318 e. The lowest BCUT2D eigenvalue weighted by molar-refractivity contribution is -0.134. The molecule has 0 radical (unpaired) electrons. The third-order valence-corrected chi connectivity index (χ3v) is 9.57. The fourth-order valence-electron chi connectivity index (χ4n) is 6.47. The summed E-state index contributed by atoms with van der Waals surface area (Å²) >= 11 is 12.6. The smallest absolute Gasteiger partial charge is 0.318 e. The predicted octanol–water partition coefficient (Wildman–Crippen LogP) is 5.76. The molecule has 3 amide bonds. The number of piperidine rings is 1. The number of rotatable bonds is 10. The maximum absolute atomic E-state index is 13.9. The number of hydrogen-bond acceptors (Lipinski definition) is 5. The zero-order valence-corrected chi connectivity index (χ0v) is 26.1. The summed E-state index contributed by atoms with van der Waals surface area (Å²) in [5.41, 5.74) is 1.76. The molecule has 8 nitrogen and oxygen atoms in total. The van der Waals surface area contributed by atoms with Crippen molar-refractivity contribution in [3.8, 4) is 5.75 Å². The molecule has 228 valence electrons. The number of nitrogens with zero attached hydrogens (tertiary/aromatic N) is 4. The first-order valence-corrected chi connectivity index (χ1v) is 16.3. The maximum atomic E-state index is 13.9. The molecule has 1 unspecified atom stereocenters. The van der Waals surface area contributed by atoms with Crippen LogP contribution in [-0.2, 0) is 11.2 Å². The van der Waals surface area contributed by atoms with Crippen LogP contribution in [-0.4, -0.2) is 89.6 Å². The number of halogens is 2. The standard InChI is InChI=1S/C32H43Cl2N5O3/c1-2-26(37-14-3-4-15-37)22-42-29-8-7-13-35-30(29)23-11-18-38(19-12-23)31(40)28(36-32(41)39-16-5-6-17-39)20-24-9-10-25(33)21-27(24)34/h7-10,13,21,23,26,28H,2-6,11-12,14-20,22H2,1H3,(H,36,41)/t26?,28-/m1/s1. The van der Waals surface area contributed by atoms with E-state index in [4.69, 9.17) is 32.9 Å². The molecule has 1 aromatic heterocycles. The van der Waals surface area contributed by atoms with Crippen LogP contribution in [0.3, 0.4) is 0 Å². The van der Waals surface area contributed by atoms with E-state index < -0.39 is 6.04 Å². The molecule has 0 saturated carbocycles. The molecule has 3 aliphatic rings. The minimum absolute atomic E-state index is 0.0825. The summed E-state index contributed by atoms with van der Waals surface area (Å²) in [6.45, 7) is 7.81. The Labute approximate surface area is 259 Å². The monoisotopic (exact) mass is 615 g/mol. The Morgan fingerprint density at radius 3 is 2.40 bits per heavy atom. The Morgan fingerprint density at radius 1 is 1.00 bits per heavy atom. The van der Waals surface area contributed by atoms with Crippen LogP contribution >= 0.6 is 23.2 Å². The first kappa shape index (κ1) is 30.9. The van der Waals surface area contributed by atoms with E-state index in [1.54, 1.807) is 17.0 Å². The van der Waals surface area contributed by atoms with Gasteiger partial charge < -0.3 is 19.9 Å². The highest BCUT2D eigenvalue weighted by molar-refractivity contribution is 6.35. The minimum atomic E-state index is -0.710. The molecule has 1 N–H and O–H groups in total. The molecule has 2 aromatic rings. The molecular weight excluding hydrogens is 573 g/mol. The summed E-state index contributed by atoms with van der Waals surface area (Å²) < 4.78 is 6.39. The second-order valence-electron chi connectivity index (χ2n) is 11.7. The fourth-order valence-corrected chi connectivity index (χ4v) is 6.95. The third-order valence-electron chi connectivity index (χ3n) is 8.98. The van der Waals surface area contributed by atoms with Crippen molar-refractivity contribution in [1.82, 2.24) is 25.0 Å². The predicted molar refractivity (Wildman–Crippen MR) is 166 cm³/mol. The van der Waals surface area contributed by atoms with Gasteiger partial charge in [-0.25, -0.2) is 4.79 Å². The van der Waals surface area contributed by atoms with E-state index in [0.29, 0.717) is 55.3 Å². The summed E-state index contributed by atoms with van der Waals surface area (Å²) in [4.78, 5) is 37.8. The lowest BCUT2D eigenvalue weighted by Gasteiger charge is -2.35. The van der Waals surface area contributed by atoms with E-state index in [1.807, 2.05) is 29.3 Å². The van der Waals surface area contributed by atoms with Gasteiger partial charge in [0, 0.05) is 60.8 Å². The van der Waals surface area contributed by atoms with Crippen molar-refractivity contribution >= 4 is 35.1 Å². The number of amides is 3. The van der Waals surface area contributed by atoms with Gasteiger partial charge in [-0.15, -0.1) is 0 Å². The number of urea groups is 1. The zero-order valence-electron chi connectivity index (χ0n) is 24.6. The molecule has 10 heteroatoms. The van der Waals surface area contributed by atoms with E-state index in [1.165, 1.54) is 12.8 Å². The van der Waals surface area contributed by atoms with Crippen molar-refractivity contribution in [2.45, 2.75) is 76.3 Å². The molecule has 1 aromatic carbocycles. The summed E-state index contributed by atoms with van der Waals surface area (Å²) in [6, 6.07) is 8.74. The van der Waals surface area contributed by atoms with Gasteiger partial charge in [0.05, 0.1) is 5.69 Å².